The van der Waals surface area contributed by atoms with E-state index in [1.165, 1.54) is 5.56 Å². The highest BCUT2D eigenvalue weighted by Crippen LogP contribution is 2.15. The Bertz CT molecular complexity index is 343. The van der Waals surface area contributed by atoms with E-state index in [0.717, 1.165) is 12.8 Å². The number of benzene rings is 1. The van der Waals surface area contributed by atoms with Crippen molar-refractivity contribution in [1.82, 2.24) is 0 Å². The summed E-state index contributed by atoms with van der Waals surface area (Å²) in [6.45, 7) is 3.81. The Morgan fingerprint density at radius 1 is 1.33 bits per heavy atom. The monoisotopic (exact) mass is 218 g/mol. The van der Waals surface area contributed by atoms with Gasteiger partial charge in [-0.05, 0) is 12.0 Å². The number of alkyl halides is 1. The van der Waals surface area contributed by atoms with Crippen molar-refractivity contribution in [2.75, 3.05) is 5.88 Å². The van der Waals surface area contributed by atoms with Gasteiger partial charge < -0.3 is 0 Å². The highest BCUT2D eigenvalue weighted by atomic mass is 35.5. The first-order chi connectivity index (χ1) is 7.38. The summed E-state index contributed by atoms with van der Waals surface area (Å²) in [6.07, 6.45) is 3.69. The van der Waals surface area contributed by atoms with Crippen molar-refractivity contribution in [2.24, 2.45) is 0 Å². The molecule has 0 fully saturated rings. The molecule has 0 N–H and O–H groups in total. The zero-order chi connectivity index (χ0) is 10.9. The molecule has 0 aromatic heterocycles. The minimum atomic E-state index is 0.140. The first-order valence-electron chi connectivity index (χ1n) is 5.10. The predicted octanol–water partition coefficient (Wildman–Crippen LogP) is 3.98. The fourth-order valence-corrected chi connectivity index (χ4v) is 1.41. The van der Waals surface area contributed by atoms with E-state index in [1.807, 2.05) is 24.3 Å². The molecule has 1 atom stereocenters. The molecule has 0 aliphatic heterocycles. The van der Waals surface area contributed by atoms with Crippen LogP contribution in [0.15, 0.2) is 43.0 Å². The van der Waals surface area contributed by atoms with Crippen LogP contribution in [-0.4, -0.2) is 5.88 Å². The van der Waals surface area contributed by atoms with Crippen molar-refractivity contribution in [3.05, 3.63) is 48.6 Å². The predicted molar refractivity (Wildman–Crippen MR) is 67.1 cm³/mol. The maximum atomic E-state index is 5.58. The summed E-state index contributed by atoms with van der Waals surface area (Å²) < 4.78 is 0. The second kappa shape index (κ2) is 7.15. The van der Waals surface area contributed by atoms with Gasteiger partial charge in [0.15, 0.2) is 0 Å². The summed E-state index contributed by atoms with van der Waals surface area (Å²) in [5.74, 6) is 7.14. The zero-order valence-electron chi connectivity index (χ0n) is 8.75. The van der Waals surface area contributed by atoms with Gasteiger partial charge in [0.2, 0.25) is 0 Å². The normalized spacial score (nSPS) is 11.3. The van der Waals surface area contributed by atoms with Gasteiger partial charge in [0.05, 0.1) is 5.92 Å². The van der Waals surface area contributed by atoms with E-state index in [4.69, 9.17) is 11.6 Å². The van der Waals surface area contributed by atoms with Crippen molar-refractivity contribution in [3.8, 4) is 11.8 Å². The van der Waals surface area contributed by atoms with Crippen LogP contribution in [0.3, 0.4) is 0 Å². The van der Waals surface area contributed by atoms with Crippen molar-refractivity contribution in [3.63, 3.8) is 0 Å². The molecule has 0 spiro atoms. The van der Waals surface area contributed by atoms with Crippen LogP contribution in [0.4, 0.5) is 0 Å². The van der Waals surface area contributed by atoms with Crippen molar-refractivity contribution >= 4 is 11.6 Å². The van der Waals surface area contributed by atoms with Gasteiger partial charge in [0.1, 0.15) is 0 Å². The Kier molecular flexibility index (Phi) is 5.66. The first-order valence-corrected chi connectivity index (χ1v) is 5.63. The van der Waals surface area contributed by atoms with Gasteiger partial charge in [-0.1, -0.05) is 42.3 Å². The largest absolute Gasteiger partial charge is 0.127 e. The molecule has 0 bridgehead atoms. The van der Waals surface area contributed by atoms with Gasteiger partial charge in [0, 0.05) is 12.3 Å². The number of unbranched alkanes of at least 4 members (excludes halogenated alkanes) is 1. The molecule has 1 aromatic carbocycles. The van der Waals surface area contributed by atoms with Gasteiger partial charge >= 0.3 is 0 Å². The quantitative estimate of drug-likeness (QED) is 0.310. The zero-order valence-corrected chi connectivity index (χ0v) is 9.50. The lowest BCUT2D eigenvalue weighted by Crippen LogP contribution is -1.90. The van der Waals surface area contributed by atoms with E-state index >= 15 is 0 Å². The second-order valence-corrected chi connectivity index (χ2v) is 3.62. The molecule has 15 heavy (non-hydrogen) atoms. The Hall–Kier alpha value is -1.19. The van der Waals surface area contributed by atoms with Crippen LogP contribution in [0.5, 0.6) is 0 Å². The van der Waals surface area contributed by atoms with Crippen LogP contribution in [-0.2, 0) is 0 Å². The van der Waals surface area contributed by atoms with Crippen LogP contribution in [0, 0.1) is 11.8 Å². The number of hydrogen-bond donors (Lipinski definition) is 0. The molecule has 0 radical (unpaired) electrons. The van der Waals surface area contributed by atoms with Crippen molar-refractivity contribution < 1.29 is 0 Å². The Morgan fingerprint density at radius 3 is 2.67 bits per heavy atom. The second-order valence-electron chi connectivity index (χ2n) is 3.24. The molecule has 0 nitrogen and oxygen atoms in total. The summed E-state index contributed by atoms with van der Waals surface area (Å²) in [5, 5.41) is 0. The van der Waals surface area contributed by atoms with E-state index in [9.17, 15) is 0 Å². The van der Waals surface area contributed by atoms with Gasteiger partial charge in [0.25, 0.3) is 0 Å². The number of halogens is 1. The molecule has 0 aliphatic carbocycles. The highest BCUT2D eigenvalue weighted by molar-refractivity contribution is 6.17. The Balaban J connectivity index is 2.63. The molecular weight excluding hydrogens is 204 g/mol. The molecule has 1 heteroatoms. The maximum absolute atomic E-state index is 5.58. The summed E-state index contributed by atoms with van der Waals surface area (Å²) >= 11 is 5.58. The Labute approximate surface area is 97.0 Å². The topological polar surface area (TPSA) is 0 Å². The molecule has 0 heterocycles. The lowest BCUT2D eigenvalue weighted by atomic mass is 10.00. The SMILES string of the molecule is C=C[C@H](C#CCCCCl)c1ccccc1. The first kappa shape index (κ1) is 11.9. The van der Waals surface area contributed by atoms with E-state index in [-0.39, 0.29) is 5.92 Å². The van der Waals surface area contributed by atoms with Gasteiger partial charge in [-0.2, -0.15) is 0 Å². The molecule has 1 rings (SSSR count). The van der Waals surface area contributed by atoms with Gasteiger partial charge in [-0.15, -0.1) is 24.1 Å². The standard InChI is InChI=1S/C14H15Cl/c1-2-13(9-7-4-8-12-15)14-10-5-3-6-11-14/h2-3,5-6,10-11,13H,1,4,8,12H2/t13-/m1/s1. The summed E-state index contributed by atoms with van der Waals surface area (Å²) in [4.78, 5) is 0. The van der Waals surface area contributed by atoms with Crippen LogP contribution in [0.2, 0.25) is 0 Å². The van der Waals surface area contributed by atoms with Crippen LogP contribution < -0.4 is 0 Å². The van der Waals surface area contributed by atoms with E-state index in [2.05, 4.69) is 30.6 Å². The van der Waals surface area contributed by atoms with Crippen LogP contribution in [0.25, 0.3) is 0 Å². The summed E-state index contributed by atoms with van der Waals surface area (Å²) in [5.41, 5.74) is 1.20. The minimum Gasteiger partial charge on any atom is -0.127 e. The maximum Gasteiger partial charge on any atom is 0.0630 e. The Morgan fingerprint density at radius 2 is 2.07 bits per heavy atom. The number of hydrogen-bond acceptors (Lipinski definition) is 0. The molecule has 1 aromatic rings. The summed E-state index contributed by atoms with van der Waals surface area (Å²) in [7, 11) is 0. The molecule has 0 aliphatic rings. The molecular formula is C14H15Cl. The molecule has 0 unspecified atom stereocenters. The van der Waals surface area contributed by atoms with Crippen molar-refractivity contribution in [2.45, 2.75) is 18.8 Å². The number of allylic oxidation sites excluding steroid dienone is 1. The average Bonchev–Trinajstić information content (AvgIpc) is 2.30. The van der Waals surface area contributed by atoms with Crippen LogP contribution in [0.1, 0.15) is 24.3 Å². The third-order valence-corrected chi connectivity index (χ3v) is 2.35. The average molecular weight is 219 g/mol. The molecule has 0 saturated heterocycles. The minimum absolute atomic E-state index is 0.140. The van der Waals surface area contributed by atoms with Crippen molar-refractivity contribution in [1.29, 1.82) is 0 Å². The fourth-order valence-electron chi connectivity index (χ4n) is 1.28. The van der Waals surface area contributed by atoms with E-state index in [0.29, 0.717) is 5.88 Å². The van der Waals surface area contributed by atoms with E-state index in [1.54, 1.807) is 0 Å². The van der Waals surface area contributed by atoms with Gasteiger partial charge in [-0.25, -0.2) is 0 Å². The third kappa shape index (κ3) is 4.23. The van der Waals surface area contributed by atoms with Crippen LogP contribution >= 0.6 is 11.6 Å². The van der Waals surface area contributed by atoms with Gasteiger partial charge in [-0.3, -0.25) is 0 Å². The smallest absolute Gasteiger partial charge is 0.0630 e. The summed E-state index contributed by atoms with van der Waals surface area (Å²) in [6, 6.07) is 10.2. The molecule has 0 saturated carbocycles. The molecule has 78 valence electrons. The lowest BCUT2D eigenvalue weighted by Gasteiger charge is -2.04. The lowest BCUT2D eigenvalue weighted by molar-refractivity contribution is 0.986. The fraction of sp³-hybridized carbons (Fsp3) is 0.286. The number of rotatable bonds is 4. The molecule has 0 amide bonds. The highest BCUT2D eigenvalue weighted by Gasteiger charge is 2.00. The third-order valence-electron chi connectivity index (χ3n) is 2.09. The van der Waals surface area contributed by atoms with E-state index < -0.39 is 0 Å².